The van der Waals surface area contributed by atoms with Crippen molar-refractivity contribution >= 4 is 51.7 Å². The highest BCUT2D eigenvalue weighted by molar-refractivity contribution is 14.1. The first-order chi connectivity index (χ1) is 15.0. The molecule has 2 aliphatic rings. The fraction of sp³-hybridized carbons (Fsp3) is 0.348. The van der Waals surface area contributed by atoms with E-state index in [-0.39, 0.29) is 5.91 Å². The maximum Gasteiger partial charge on any atom is 0.321 e. The number of rotatable bonds is 2. The standard InChI is InChI=1S/C23H26IN5O2/c1-28-19-12-5-4-11-18(19)21(29-13-6-2-3-7-14-29)26-20(22(28)30)27-23(31)25-17-10-8-9-16(24)15-17/h4-5,8-12,15,20H,2-3,6-7,13-14H2,1H3,(H2,25,27,31)/i24-2. The van der Waals surface area contributed by atoms with Crippen molar-refractivity contribution in [3.63, 3.8) is 0 Å². The summed E-state index contributed by atoms with van der Waals surface area (Å²) in [7, 11) is 1.73. The third-order valence-corrected chi connectivity index (χ3v) is 6.25. The summed E-state index contributed by atoms with van der Waals surface area (Å²) < 4.78 is 1.01. The van der Waals surface area contributed by atoms with Gasteiger partial charge in [0.05, 0.1) is 5.69 Å². The zero-order valence-corrected chi connectivity index (χ0v) is 19.6. The van der Waals surface area contributed by atoms with Crippen LogP contribution in [0.15, 0.2) is 53.5 Å². The first-order valence-electron chi connectivity index (χ1n) is 10.6. The molecule has 0 aliphatic carbocycles. The van der Waals surface area contributed by atoms with Gasteiger partial charge >= 0.3 is 6.03 Å². The Kier molecular flexibility index (Phi) is 6.74. The van der Waals surface area contributed by atoms with Crippen LogP contribution in [-0.2, 0) is 4.79 Å². The van der Waals surface area contributed by atoms with Crippen LogP contribution in [0.2, 0.25) is 0 Å². The van der Waals surface area contributed by atoms with E-state index in [1.165, 1.54) is 12.8 Å². The molecule has 2 heterocycles. The Morgan fingerprint density at radius 1 is 1.06 bits per heavy atom. The molecule has 1 saturated heterocycles. The highest BCUT2D eigenvalue weighted by atomic mass is 125. The van der Waals surface area contributed by atoms with E-state index in [4.69, 9.17) is 4.99 Å². The van der Waals surface area contributed by atoms with E-state index in [0.717, 1.165) is 46.6 Å². The Labute approximate surface area is 196 Å². The summed E-state index contributed by atoms with van der Waals surface area (Å²) in [6.07, 6.45) is 3.58. The number of nitrogens with zero attached hydrogens (tertiary/aromatic N) is 3. The topological polar surface area (TPSA) is 77.0 Å². The van der Waals surface area contributed by atoms with Crippen molar-refractivity contribution < 1.29 is 9.59 Å². The van der Waals surface area contributed by atoms with E-state index in [1.54, 1.807) is 11.9 Å². The van der Waals surface area contributed by atoms with Crippen molar-refractivity contribution in [2.24, 2.45) is 4.99 Å². The lowest BCUT2D eigenvalue weighted by Crippen LogP contribution is -2.47. The van der Waals surface area contributed by atoms with Crippen molar-refractivity contribution in [3.8, 4) is 0 Å². The first-order valence-corrected chi connectivity index (χ1v) is 11.6. The van der Waals surface area contributed by atoms with Crippen LogP contribution in [0.1, 0.15) is 31.2 Å². The van der Waals surface area contributed by atoms with Gasteiger partial charge in [0.2, 0.25) is 6.17 Å². The molecule has 1 atom stereocenters. The summed E-state index contributed by atoms with van der Waals surface area (Å²) in [5, 5.41) is 5.57. The second-order valence-corrected chi connectivity index (χ2v) is 9.03. The zero-order chi connectivity index (χ0) is 21.8. The fourth-order valence-electron chi connectivity index (χ4n) is 3.99. The number of amidine groups is 1. The van der Waals surface area contributed by atoms with Crippen LogP contribution in [0.25, 0.3) is 0 Å². The molecule has 31 heavy (non-hydrogen) atoms. The molecule has 2 aliphatic heterocycles. The van der Waals surface area contributed by atoms with Crippen LogP contribution in [0.3, 0.4) is 0 Å². The smallest absolute Gasteiger partial charge is 0.321 e. The number of halogens is 1. The predicted octanol–water partition coefficient (Wildman–Crippen LogP) is 4.04. The van der Waals surface area contributed by atoms with Gasteiger partial charge in [-0.05, 0) is 65.8 Å². The molecule has 2 N–H and O–H groups in total. The van der Waals surface area contributed by atoms with E-state index in [0.29, 0.717) is 5.69 Å². The molecule has 0 radical (unpaired) electrons. The summed E-state index contributed by atoms with van der Waals surface area (Å²) in [5.41, 5.74) is 2.39. The van der Waals surface area contributed by atoms with Gasteiger partial charge in [-0.2, -0.15) is 0 Å². The number of nitrogens with one attached hydrogen (secondary N) is 2. The van der Waals surface area contributed by atoms with Crippen LogP contribution < -0.4 is 15.5 Å². The number of para-hydroxylation sites is 1. The van der Waals surface area contributed by atoms with Crippen molar-refractivity contribution in [2.75, 3.05) is 30.4 Å². The van der Waals surface area contributed by atoms with Crippen LogP contribution >= 0.6 is 22.6 Å². The number of hydrogen-bond donors (Lipinski definition) is 2. The van der Waals surface area contributed by atoms with Gasteiger partial charge in [-0.25, -0.2) is 9.79 Å². The molecule has 0 saturated carbocycles. The lowest BCUT2D eigenvalue weighted by Gasteiger charge is -2.25. The Bertz CT molecular complexity index is 1000. The normalized spacial score (nSPS) is 19.1. The van der Waals surface area contributed by atoms with Gasteiger partial charge in [0.1, 0.15) is 5.84 Å². The number of likely N-dealkylation sites (tertiary alicyclic amines) is 1. The Hall–Kier alpha value is -2.62. The van der Waals surface area contributed by atoms with Crippen LogP contribution in [0.5, 0.6) is 0 Å². The molecule has 0 aromatic heterocycles. The van der Waals surface area contributed by atoms with Crippen LogP contribution in [0.4, 0.5) is 16.2 Å². The number of urea groups is 1. The largest absolute Gasteiger partial charge is 0.356 e. The number of benzodiazepines with no additional fused rings is 1. The average molecular weight is 529 g/mol. The van der Waals surface area contributed by atoms with E-state index in [1.807, 2.05) is 48.5 Å². The highest BCUT2D eigenvalue weighted by Gasteiger charge is 2.32. The number of carbonyl (C=O) groups is 2. The minimum Gasteiger partial charge on any atom is -0.356 e. The number of amides is 3. The first kappa shape index (κ1) is 21.6. The van der Waals surface area contributed by atoms with E-state index in [9.17, 15) is 9.59 Å². The number of carbonyl (C=O) groups excluding carboxylic acids is 2. The lowest BCUT2D eigenvalue weighted by atomic mass is 10.1. The van der Waals surface area contributed by atoms with Gasteiger partial charge in [-0.1, -0.05) is 31.0 Å². The van der Waals surface area contributed by atoms with Crippen molar-refractivity contribution in [2.45, 2.75) is 31.8 Å². The number of aliphatic imine (C=N–C) groups is 1. The summed E-state index contributed by atoms with van der Waals surface area (Å²) >= 11 is 2.19. The monoisotopic (exact) mass is 529 g/mol. The van der Waals surface area contributed by atoms with Crippen LogP contribution in [0, 0.1) is 3.57 Å². The zero-order valence-electron chi connectivity index (χ0n) is 17.5. The number of benzene rings is 2. The van der Waals surface area contributed by atoms with E-state index < -0.39 is 12.2 Å². The molecule has 0 bridgehead atoms. The summed E-state index contributed by atoms with van der Waals surface area (Å²) in [5.74, 6) is 0.504. The fourth-order valence-corrected chi connectivity index (χ4v) is 4.53. The molecule has 7 nitrogen and oxygen atoms in total. The number of hydrogen-bond acceptors (Lipinski definition) is 4. The van der Waals surface area contributed by atoms with E-state index in [2.05, 4.69) is 38.1 Å². The SMILES string of the molecule is CN1C(=O)C(NC(=O)Nc2cccc([125I])c2)N=C(N2CCCCCC2)c2ccccc21. The molecule has 4 rings (SSSR count). The molecule has 2 aromatic rings. The number of anilines is 2. The molecule has 162 valence electrons. The van der Waals surface area contributed by atoms with Crippen LogP contribution in [-0.4, -0.2) is 49.0 Å². The van der Waals surface area contributed by atoms with Gasteiger partial charge in [0.15, 0.2) is 0 Å². The molecule has 1 fully saturated rings. The van der Waals surface area contributed by atoms with E-state index >= 15 is 0 Å². The van der Waals surface area contributed by atoms with Gasteiger partial charge in [0, 0.05) is 35.0 Å². The summed E-state index contributed by atoms with van der Waals surface area (Å²) in [4.78, 5) is 34.5. The number of likely N-dealkylation sites (N-methyl/N-ethyl adjacent to an activating group) is 1. The molecule has 2 aromatic carbocycles. The minimum absolute atomic E-state index is 0.268. The quantitative estimate of drug-likeness (QED) is 0.577. The molecular formula is C23H26IN5O2. The van der Waals surface area contributed by atoms with Gasteiger partial charge in [-0.3, -0.25) is 4.79 Å². The predicted molar refractivity (Wildman–Crippen MR) is 132 cm³/mol. The van der Waals surface area contributed by atoms with Crippen molar-refractivity contribution in [1.82, 2.24) is 10.2 Å². The minimum atomic E-state index is -1.00. The molecule has 0 spiro atoms. The third-order valence-electron chi connectivity index (χ3n) is 5.58. The molecule has 8 heteroatoms. The van der Waals surface area contributed by atoms with Gasteiger partial charge < -0.3 is 20.4 Å². The van der Waals surface area contributed by atoms with Gasteiger partial charge in [0.25, 0.3) is 5.91 Å². The van der Waals surface area contributed by atoms with Crippen molar-refractivity contribution in [1.29, 1.82) is 0 Å². The Morgan fingerprint density at radius 3 is 2.55 bits per heavy atom. The summed E-state index contributed by atoms with van der Waals surface area (Å²) in [6, 6.07) is 14.8. The number of fused-ring (bicyclic) bond motifs is 1. The Morgan fingerprint density at radius 2 is 1.81 bits per heavy atom. The Balaban J connectivity index is 1.64. The summed E-state index contributed by atoms with van der Waals surface area (Å²) in [6.45, 7) is 1.79. The van der Waals surface area contributed by atoms with Crippen molar-refractivity contribution in [3.05, 3.63) is 57.7 Å². The highest BCUT2D eigenvalue weighted by Crippen LogP contribution is 2.27. The third kappa shape index (κ3) is 5.00. The molecule has 3 amide bonds. The molecular weight excluding hydrogens is 503 g/mol. The lowest BCUT2D eigenvalue weighted by molar-refractivity contribution is -0.119. The van der Waals surface area contributed by atoms with Gasteiger partial charge in [-0.15, -0.1) is 0 Å². The molecule has 1 unspecified atom stereocenters. The second-order valence-electron chi connectivity index (χ2n) is 7.78. The second kappa shape index (κ2) is 9.67. The average Bonchev–Trinajstić information content (AvgIpc) is 3.09. The maximum absolute atomic E-state index is 13.2. The maximum atomic E-state index is 13.2.